The largest absolute Gasteiger partial charge is 0.495 e. The van der Waals surface area contributed by atoms with Gasteiger partial charge in [-0.05, 0) is 81.0 Å². The minimum atomic E-state index is -4.48. The lowest BCUT2D eigenvalue weighted by molar-refractivity contribution is -0.128. The number of aryl methyl sites for hydroxylation is 1. The summed E-state index contributed by atoms with van der Waals surface area (Å²) in [6.07, 6.45) is -2.11. The van der Waals surface area contributed by atoms with E-state index in [1.54, 1.807) is 46.3 Å². The van der Waals surface area contributed by atoms with Gasteiger partial charge in [0, 0.05) is 40.6 Å². The average Bonchev–Trinajstić information content (AvgIpc) is 3.72. The molecule has 48 heavy (non-hydrogen) atoms. The van der Waals surface area contributed by atoms with Crippen molar-refractivity contribution in [3.63, 3.8) is 0 Å². The number of nitrogens with zero attached hydrogens (tertiary/aromatic N) is 3. The van der Waals surface area contributed by atoms with Gasteiger partial charge in [0.2, 0.25) is 12.3 Å². The lowest BCUT2D eigenvalue weighted by atomic mass is 9.92. The number of anilines is 1. The summed E-state index contributed by atoms with van der Waals surface area (Å²) in [7, 11) is 0.501. The van der Waals surface area contributed by atoms with Crippen molar-refractivity contribution in [1.29, 1.82) is 0 Å². The first-order chi connectivity index (χ1) is 23.0. The second-order valence-corrected chi connectivity index (χ2v) is 14.0. The molecule has 9 nitrogen and oxygen atoms in total. The third-order valence-corrected chi connectivity index (χ3v) is 10.2. The molecule has 0 unspecified atom stereocenters. The maximum Gasteiger partial charge on any atom is 0.394 e. The van der Waals surface area contributed by atoms with Crippen LogP contribution in [0.5, 0.6) is 5.75 Å². The Bertz CT molecular complexity index is 2260. The maximum atomic E-state index is 13.9. The SMILES string of the molecule is COc1cc(S(C)(=C=O)=C=O)ccc1NCC#Cc1c(CC(F)(F)F)n(C)c2cc(-c3ccc4c(c3)CCNC4)c(-c3nnco3)cc12. The molecule has 0 spiro atoms. The molecule has 0 bridgehead atoms. The van der Waals surface area contributed by atoms with Crippen molar-refractivity contribution in [2.24, 2.45) is 7.05 Å². The Morgan fingerprint density at radius 3 is 2.60 bits per heavy atom. The van der Waals surface area contributed by atoms with Crippen molar-refractivity contribution >= 4 is 36.3 Å². The molecule has 13 heteroatoms. The van der Waals surface area contributed by atoms with E-state index in [0.29, 0.717) is 32.8 Å². The Kier molecular flexibility index (Phi) is 8.93. The average molecular weight is 674 g/mol. The van der Waals surface area contributed by atoms with Crippen molar-refractivity contribution in [1.82, 2.24) is 20.1 Å². The minimum absolute atomic E-state index is 0.0227. The molecule has 3 heterocycles. The van der Waals surface area contributed by atoms with Crippen LogP contribution in [0.2, 0.25) is 0 Å². The first-order valence-corrected chi connectivity index (χ1v) is 16.9. The Morgan fingerprint density at radius 2 is 1.90 bits per heavy atom. The molecular formula is C35H30F3N5O4S. The molecule has 0 saturated heterocycles. The van der Waals surface area contributed by atoms with Crippen LogP contribution in [-0.4, -0.2) is 57.9 Å². The monoisotopic (exact) mass is 673 g/mol. The standard InChI is InChI=1S/C35H30F3N5O4S/c1-43-31-16-27(23-6-7-24-18-39-12-10-22(24)13-23)29(34-42-41-19-47-34)15-28(31)26(32(43)17-35(36,37)38)5-4-11-40-30-9-8-25(14-33(30)46-2)48(3,20-44)21-45/h6-9,13-16,19,39-40H,10-12,17-18H2,1-3H3. The number of nitrogens with one attached hydrogen (secondary N) is 2. The summed E-state index contributed by atoms with van der Waals surface area (Å²) in [5.74, 6) is 6.54. The van der Waals surface area contributed by atoms with Crippen LogP contribution in [0.1, 0.15) is 22.4 Å². The molecule has 0 aliphatic carbocycles. The van der Waals surface area contributed by atoms with Gasteiger partial charge in [-0.25, -0.2) is 9.59 Å². The smallest absolute Gasteiger partial charge is 0.394 e. The first kappa shape index (κ1) is 32.7. The normalized spacial score (nSPS) is 12.9. The highest BCUT2D eigenvalue weighted by Gasteiger charge is 2.32. The van der Waals surface area contributed by atoms with Crippen LogP contribution in [0.3, 0.4) is 0 Å². The zero-order valence-electron chi connectivity index (χ0n) is 26.2. The summed E-state index contributed by atoms with van der Waals surface area (Å²) < 4.78 is 54.4. The van der Waals surface area contributed by atoms with Gasteiger partial charge in [-0.15, -0.1) is 10.2 Å². The second-order valence-electron chi connectivity index (χ2n) is 11.3. The minimum Gasteiger partial charge on any atom is -0.495 e. The van der Waals surface area contributed by atoms with E-state index in [0.717, 1.165) is 30.6 Å². The van der Waals surface area contributed by atoms with Gasteiger partial charge in [0.05, 0.1) is 31.3 Å². The van der Waals surface area contributed by atoms with Crippen molar-refractivity contribution in [2.75, 3.05) is 31.8 Å². The van der Waals surface area contributed by atoms with Gasteiger partial charge >= 0.3 is 6.18 Å². The molecule has 3 aromatic carbocycles. The van der Waals surface area contributed by atoms with Crippen LogP contribution in [0.15, 0.2) is 64.2 Å². The van der Waals surface area contributed by atoms with Gasteiger partial charge in [-0.2, -0.15) is 13.2 Å². The molecule has 0 amide bonds. The van der Waals surface area contributed by atoms with Gasteiger partial charge < -0.3 is 24.4 Å². The van der Waals surface area contributed by atoms with E-state index in [1.165, 1.54) is 30.9 Å². The Morgan fingerprint density at radius 1 is 1.08 bits per heavy atom. The number of fused-ring (bicyclic) bond motifs is 2. The molecule has 246 valence electrons. The second kappa shape index (κ2) is 13.1. The quantitative estimate of drug-likeness (QED) is 0.159. The molecule has 1 aliphatic heterocycles. The highest BCUT2D eigenvalue weighted by atomic mass is 32.2. The van der Waals surface area contributed by atoms with Crippen LogP contribution in [0.25, 0.3) is 33.5 Å². The number of aromatic nitrogens is 3. The Balaban J connectivity index is 1.43. The first-order valence-electron chi connectivity index (χ1n) is 14.8. The number of rotatable bonds is 7. The van der Waals surface area contributed by atoms with Crippen LogP contribution in [0, 0.1) is 11.8 Å². The van der Waals surface area contributed by atoms with E-state index in [2.05, 4.69) is 44.8 Å². The van der Waals surface area contributed by atoms with Crippen LogP contribution < -0.4 is 15.4 Å². The number of ether oxygens (including phenoxy) is 1. The third-order valence-electron chi connectivity index (χ3n) is 8.38. The number of hydrogen-bond acceptors (Lipinski definition) is 8. The zero-order chi connectivity index (χ0) is 34.1. The number of halogens is 3. The fourth-order valence-electron chi connectivity index (χ4n) is 5.88. The highest BCUT2D eigenvalue weighted by molar-refractivity contribution is 8.27. The van der Waals surface area contributed by atoms with Crippen LogP contribution in [-0.2, 0) is 36.0 Å². The van der Waals surface area contributed by atoms with Gasteiger partial charge in [0.25, 0.3) is 0 Å². The summed E-state index contributed by atoms with van der Waals surface area (Å²) in [5.41, 5.74) is 5.99. The summed E-state index contributed by atoms with van der Waals surface area (Å²) in [4.78, 5) is 23.3. The lowest BCUT2D eigenvalue weighted by Gasteiger charge is -2.18. The molecule has 0 atom stereocenters. The van der Waals surface area contributed by atoms with Crippen molar-refractivity contribution in [3.05, 3.63) is 77.3 Å². The molecule has 2 N–H and O–H groups in total. The molecular weight excluding hydrogens is 643 g/mol. The Labute approximate surface area is 274 Å². The third kappa shape index (κ3) is 6.35. The van der Waals surface area contributed by atoms with Gasteiger partial charge in [-0.3, -0.25) is 0 Å². The van der Waals surface area contributed by atoms with Gasteiger partial charge in [-0.1, -0.05) is 30.0 Å². The number of carbonyl (C=O) groups excluding carboxylic acids is 2. The molecule has 6 rings (SSSR count). The molecule has 0 radical (unpaired) electrons. The van der Waals surface area contributed by atoms with Crippen LogP contribution >= 0.6 is 9.21 Å². The van der Waals surface area contributed by atoms with E-state index < -0.39 is 21.8 Å². The molecule has 1 aliphatic rings. The number of methoxy groups -OCH3 is 1. The van der Waals surface area contributed by atoms with Gasteiger partial charge in [0.15, 0.2) is 10.5 Å². The van der Waals surface area contributed by atoms with Crippen molar-refractivity contribution < 1.29 is 31.9 Å². The van der Waals surface area contributed by atoms with E-state index in [1.807, 2.05) is 12.1 Å². The number of alkyl halides is 3. The Hall–Kier alpha value is -5.24. The van der Waals surface area contributed by atoms with Crippen LogP contribution in [0.4, 0.5) is 18.9 Å². The molecule has 0 fully saturated rings. The zero-order valence-corrected chi connectivity index (χ0v) is 27.1. The predicted molar refractivity (Wildman–Crippen MR) is 178 cm³/mol. The summed E-state index contributed by atoms with van der Waals surface area (Å²) in [6, 6.07) is 14.6. The highest BCUT2D eigenvalue weighted by Crippen LogP contribution is 2.40. The van der Waals surface area contributed by atoms with E-state index in [4.69, 9.17) is 9.15 Å². The topological polar surface area (TPSA) is 111 Å². The molecule has 0 saturated carbocycles. The summed E-state index contributed by atoms with van der Waals surface area (Å²) in [5, 5.41) is 18.5. The summed E-state index contributed by atoms with van der Waals surface area (Å²) in [6.45, 7) is 1.69. The fourth-order valence-corrected chi connectivity index (χ4v) is 6.79. The number of benzene rings is 3. The fraction of sp³-hybridized carbons (Fsp3) is 0.257. The lowest BCUT2D eigenvalue weighted by Crippen LogP contribution is -2.23. The van der Waals surface area contributed by atoms with Crippen molar-refractivity contribution in [2.45, 2.75) is 30.5 Å². The molecule has 2 aromatic heterocycles. The van der Waals surface area contributed by atoms with Gasteiger partial charge in [0.1, 0.15) is 5.75 Å². The van der Waals surface area contributed by atoms with E-state index in [9.17, 15) is 22.8 Å². The predicted octanol–water partition coefficient (Wildman–Crippen LogP) is 6.05. The number of hydrogen-bond donors (Lipinski definition) is 2. The summed E-state index contributed by atoms with van der Waals surface area (Å²) >= 11 is 0. The van der Waals surface area contributed by atoms with E-state index in [-0.39, 0.29) is 23.7 Å². The van der Waals surface area contributed by atoms with E-state index >= 15 is 0 Å². The van der Waals surface area contributed by atoms with Crippen molar-refractivity contribution in [3.8, 4) is 40.2 Å². The molecule has 5 aromatic rings. The maximum absolute atomic E-state index is 13.9.